The second-order valence-corrected chi connectivity index (χ2v) is 8.53. The third-order valence-electron chi connectivity index (χ3n) is 4.26. The molecule has 0 saturated heterocycles. The number of amides is 1. The van der Waals surface area contributed by atoms with Gasteiger partial charge in [0.2, 0.25) is 27.6 Å². The second-order valence-electron chi connectivity index (χ2n) is 6.67. The maximum atomic E-state index is 12.6. The van der Waals surface area contributed by atoms with Gasteiger partial charge in [-0.1, -0.05) is 47.6 Å². The van der Waals surface area contributed by atoms with Crippen LogP contribution in [0.4, 0.5) is 5.69 Å². The molecule has 1 heterocycles. The molecule has 8 nitrogen and oxygen atoms in total. The Hall–Kier alpha value is -3.20. The zero-order chi connectivity index (χ0) is 21.0. The number of benzene rings is 2. The molecule has 0 aliphatic rings. The predicted octanol–water partition coefficient (Wildman–Crippen LogP) is 2.52. The Morgan fingerprint density at radius 1 is 1.17 bits per heavy atom. The Morgan fingerprint density at radius 3 is 2.55 bits per heavy atom. The summed E-state index contributed by atoms with van der Waals surface area (Å²) < 4.78 is 30.9. The quantitative estimate of drug-likeness (QED) is 0.637. The van der Waals surface area contributed by atoms with Crippen molar-refractivity contribution in [1.82, 2.24) is 15.5 Å². The minimum atomic E-state index is -3.67. The summed E-state index contributed by atoms with van der Waals surface area (Å²) in [5.41, 5.74) is 2.12. The smallest absolute Gasteiger partial charge is 0.246 e. The molecule has 1 N–H and O–H groups in total. The summed E-state index contributed by atoms with van der Waals surface area (Å²) in [5, 5.41) is 6.56. The van der Waals surface area contributed by atoms with Gasteiger partial charge in [0.25, 0.3) is 0 Å². The van der Waals surface area contributed by atoms with Crippen LogP contribution < -0.4 is 9.62 Å². The maximum absolute atomic E-state index is 12.6. The summed E-state index contributed by atoms with van der Waals surface area (Å²) in [6.45, 7) is 3.38. The van der Waals surface area contributed by atoms with E-state index in [1.54, 1.807) is 18.2 Å². The van der Waals surface area contributed by atoms with Crippen LogP contribution in [0, 0.1) is 6.92 Å². The number of carbonyl (C=O) groups excluding carboxylic acids is 1. The number of hydrogen-bond donors (Lipinski definition) is 1. The summed E-state index contributed by atoms with van der Waals surface area (Å²) in [6, 6.07) is 15.3. The number of carbonyl (C=O) groups is 1. The SMILES string of the molecule is Cc1cccc(N([C@@H](C)C(=O)NCc2nc(-c3ccccc3)no2)S(C)(=O)=O)c1. The topological polar surface area (TPSA) is 105 Å². The van der Waals surface area contributed by atoms with Crippen LogP contribution in [0.5, 0.6) is 0 Å². The Balaban J connectivity index is 1.71. The van der Waals surface area contributed by atoms with Crippen LogP contribution in [0.15, 0.2) is 59.1 Å². The molecule has 29 heavy (non-hydrogen) atoms. The van der Waals surface area contributed by atoms with Crippen LogP contribution in [0.2, 0.25) is 0 Å². The molecule has 1 aromatic heterocycles. The summed E-state index contributed by atoms with van der Waals surface area (Å²) in [6.07, 6.45) is 1.07. The zero-order valence-corrected chi connectivity index (χ0v) is 17.2. The molecule has 0 spiro atoms. The molecule has 9 heteroatoms. The Kier molecular flexibility index (Phi) is 5.97. The molecule has 2 aromatic carbocycles. The average Bonchev–Trinajstić information content (AvgIpc) is 3.15. The summed E-state index contributed by atoms with van der Waals surface area (Å²) >= 11 is 0. The van der Waals surface area contributed by atoms with Crippen molar-refractivity contribution in [2.75, 3.05) is 10.6 Å². The van der Waals surface area contributed by atoms with E-state index in [1.807, 2.05) is 43.3 Å². The van der Waals surface area contributed by atoms with Crippen molar-refractivity contribution in [2.24, 2.45) is 0 Å². The highest BCUT2D eigenvalue weighted by Gasteiger charge is 2.29. The number of anilines is 1. The van der Waals surface area contributed by atoms with Crippen molar-refractivity contribution in [3.05, 3.63) is 66.1 Å². The van der Waals surface area contributed by atoms with E-state index >= 15 is 0 Å². The lowest BCUT2D eigenvalue weighted by Crippen LogP contribution is -2.47. The van der Waals surface area contributed by atoms with Crippen molar-refractivity contribution in [1.29, 1.82) is 0 Å². The van der Waals surface area contributed by atoms with E-state index in [0.29, 0.717) is 11.5 Å². The molecule has 0 saturated carbocycles. The van der Waals surface area contributed by atoms with Crippen LogP contribution in [0.1, 0.15) is 18.4 Å². The molecule has 0 unspecified atom stereocenters. The van der Waals surface area contributed by atoms with Crippen molar-refractivity contribution in [3.63, 3.8) is 0 Å². The summed E-state index contributed by atoms with van der Waals surface area (Å²) in [7, 11) is -3.67. The largest absolute Gasteiger partial charge is 0.345 e. The van der Waals surface area contributed by atoms with Gasteiger partial charge in [0.1, 0.15) is 6.04 Å². The zero-order valence-electron chi connectivity index (χ0n) is 16.4. The van der Waals surface area contributed by atoms with E-state index in [9.17, 15) is 13.2 Å². The molecule has 0 aliphatic heterocycles. The normalized spacial score (nSPS) is 12.4. The van der Waals surface area contributed by atoms with Crippen LogP contribution in [0.25, 0.3) is 11.4 Å². The highest BCUT2D eigenvalue weighted by molar-refractivity contribution is 7.92. The van der Waals surface area contributed by atoms with Gasteiger partial charge in [-0.25, -0.2) is 8.42 Å². The molecule has 3 rings (SSSR count). The Labute approximate surface area is 169 Å². The van der Waals surface area contributed by atoms with E-state index < -0.39 is 22.0 Å². The number of nitrogens with one attached hydrogen (secondary N) is 1. The van der Waals surface area contributed by atoms with E-state index in [2.05, 4.69) is 15.5 Å². The van der Waals surface area contributed by atoms with Gasteiger partial charge in [-0.05, 0) is 31.5 Å². The Morgan fingerprint density at radius 2 is 1.90 bits per heavy atom. The van der Waals surface area contributed by atoms with E-state index in [0.717, 1.165) is 21.7 Å². The fourth-order valence-corrected chi connectivity index (χ4v) is 4.08. The van der Waals surface area contributed by atoms with Crippen LogP contribution >= 0.6 is 0 Å². The number of aryl methyl sites for hydroxylation is 1. The lowest BCUT2D eigenvalue weighted by molar-refractivity contribution is -0.122. The molecule has 1 amide bonds. The molecular formula is C20H22N4O4S. The van der Waals surface area contributed by atoms with E-state index in [1.165, 1.54) is 6.92 Å². The third kappa shape index (κ3) is 5.00. The van der Waals surface area contributed by atoms with Gasteiger partial charge in [0.05, 0.1) is 18.5 Å². The highest BCUT2D eigenvalue weighted by Crippen LogP contribution is 2.22. The minimum absolute atomic E-state index is 0.00553. The lowest BCUT2D eigenvalue weighted by Gasteiger charge is -2.28. The van der Waals surface area contributed by atoms with Gasteiger partial charge in [-0.3, -0.25) is 9.10 Å². The minimum Gasteiger partial charge on any atom is -0.345 e. The van der Waals surface area contributed by atoms with Gasteiger partial charge >= 0.3 is 0 Å². The molecule has 152 valence electrons. The maximum Gasteiger partial charge on any atom is 0.246 e. The van der Waals surface area contributed by atoms with Crippen molar-refractivity contribution in [2.45, 2.75) is 26.4 Å². The molecule has 3 aromatic rings. The molecule has 0 aliphatic carbocycles. The lowest BCUT2D eigenvalue weighted by atomic mass is 10.2. The standard InChI is InChI=1S/C20H22N4O4S/c1-14-8-7-11-17(12-14)24(29(3,26)27)15(2)20(25)21-13-18-22-19(23-28-18)16-9-5-4-6-10-16/h4-12,15H,13H2,1-3H3,(H,21,25)/t15-/m0/s1. The number of nitrogens with zero attached hydrogens (tertiary/aromatic N) is 3. The second kappa shape index (κ2) is 8.44. The predicted molar refractivity (Wildman–Crippen MR) is 110 cm³/mol. The molecular weight excluding hydrogens is 392 g/mol. The first kappa shape index (κ1) is 20.5. The summed E-state index contributed by atoms with van der Waals surface area (Å²) in [4.78, 5) is 16.9. The van der Waals surface area contributed by atoms with Gasteiger partial charge in [-0.2, -0.15) is 4.98 Å². The first-order valence-electron chi connectivity index (χ1n) is 8.97. The van der Waals surface area contributed by atoms with E-state index in [4.69, 9.17) is 4.52 Å². The fourth-order valence-electron chi connectivity index (χ4n) is 2.92. The molecule has 0 radical (unpaired) electrons. The number of aromatic nitrogens is 2. The van der Waals surface area contributed by atoms with E-state index in [-0.39, 0.29) is 12.4 Å². The van der Waals surface area contributed by atoms with Gasteiger partial charge < -0.3 is 9.84 Å². The van der Waals surface area contributed by atoms with Crippen molar-refractivity contribution < 1.29 is 17.7 Å². The number of rotatable bonds is 7. The molecule has 0 bridgehead atoms. The van der Waals surface area contributed by atoms with Crippen LogP contribution in [0.3, 0.4) is 0 Å². The fraction of sp³-hybridized carbons (Fsp3) is 0.250. The molecule has 0 fully saturated rings. The average molecular weight is 414 g/mol. The van der Waals surface area contributed by atoms with Gasteiger partial charge in [-0.15, -0.1) is 0 Å². The number of hydrogen-bond acceptors (Lipinski definition) is 6. The number of sulfonamides is 1. The monoisotopic (exact) mass is 414 g/mol. The third-order valence-corrected chi connectivity index (χ3v) is 5.50. The van der Waals surface area contributed by atoms with Crippen LogP contribution in [-0.2, 0) is 21.4 Å². The van der Waals surface area contributed by atoms with Crippen molar-refractivity contribution in [3.8, 4) is 11.4 Å². The van der Waals surface area contributed by atoms with Gasteiger partial charge in [0, 0.05) is 5.56 Å². The first-order valence-corrected chi connectivity index (χ1v) is 10.8. The Bertz CT molecular complexity index is 1100. The van der Waals surface area contributed by atoms with Gasteiger partial charge in [0.15, 0.2) is 0 Å². The highest BCUT2D eigenvalue weighted by atomic mass is 32.2. The summed E-state index contributed by atoms with van der Waals surface area (Å²) in [5.74, 6) is 0.169. The molecule has 1 atom stereocenters. The van der Waals surface area contributed by atoms with Crippen LogP contribution in [-0.4, -0.2) is 36.8 Å². The first-order chi connectivity index (χ1) is 13.8. The van der Waals surface area contributed by atoms with Crippen molar-refractivity contribution >= 4 is 21.6 Å².